The van der Waals surface area contributed by atoms with E-state index in [2.05, 4.69) is 5.32 Å². The van der Waals surface area contributed by atoms with Crippen molar-refractivity contribution in [3.05, 3.63) is 0 Å². The van der Waals surface area contributed by atoms with Crippen molar-refractivity contribution in [1.29, 1.82) is 0 Å². The van der Waals surface area contributed by atoms with Crippen LogP contribution >= 0.6 is 12.4 Å². The molecule has 0 aromatic heterocycles. The summed E-state index contributed by atoms with van der Waals surface area (Å²) in [5, 5.41) is 2.94. The molecule has 1 aliphatic rings. The summed E-state index contributed by atoms with van der Waals surface area (Å²) in [5.74, 6) is 0.148. The summed E-state index contributed by atoms with van der Waals surface area (Å²) in [6, 6.07) is -0.460. The van der Waals surface area contributed by atoms with Gasteiger partial charge in [-0.2, -0.15) is 0 Å². The minimum Gasteiger partial charge on any atom is -0.352 e. The number of carbonyl (C=O) groups excluding carboxylic acids is 1. The van der Waals surface area contributed by atoms with Gasteiger partial charge in [0.1, 0.15) is 0 Å². The van der Waals surface area contributed by atoms with Crippen LogP contribution in [0, 0.1) is 5.92 Å². The summed E-state index contributed by atoms with van der Waals surface area (Å²) in [6.07, 6.45) is 2.16. The second-order valence-electron chi connectivity index (χ2n) is 5.49. The van der Waals surface area contributed by atoms with E-state index in [4.69, 9.17) is 5.73 Å². The fourth-order valence-corrected chi connectivity index (χ4v) is 3.40. The molecule has 1 fully saturated rings. The van der Waals surface area contributed by atoms with E-state index in [1.165, 1.54) is 4.31 Å². The molecule has 0 saturated carbocycles. The van der Waals surface area contributed by atoms with Gasteiger partial charge in [-0.25, -0.2) is 12.7 Å². The first kappa shape index (κ1) is 20.6. The smallest absolute Gasteiger partial charge is 0.237 e. The molecule has 0 radical (unpaired) electrons. The Labute approximate surface area is 134 Å². The van der Waals surface area contributed by atoms with Crippen molar-refractivity contribution in [1.82, 2.24) is 9.62 Å². The number of halogens is 1. The number of nitrogens with zero attached hydrogens (tertiary/aromatic N) is 1. The Morgan fingerprint density at radius 3 is 2.29 bits per heavy atom. The predicted octanol–water partition coefficient (Wildman–Crippen LogP) is 0.712. The lowest BCUT2D eigenvalue weighted by atomic mass is 9.98. The molecule has 1 aliphatic heterocycles. The summed E-state index contributed by atoms with van der Waals surface area (Å²) in [4.78, 5) is 12.0. The van der Waals surface area contributed by atoms with Crippen molar-refractivity contribution >= 4 is 28.3 Å². The van der Waals surface area contributed by atoms with E-state index in [-0.39, 0.29) is 36.0 Å². The topological polar surface area (TPSA) is 92.5 Å². The van der Waals surface area contributed by atoms with Crippen molar-refractivity contribution in [2.45, 2.75) is 52.1 Å². The summed E-state index contributed by atoms with van der Waals surface area (Å²) in [5.41, 5.74) is 5.89. The van der Waals surface area contributed by atoms with Crippen molar-refractivity contribution in [3.63, 3.8) is 0 Å². The van der Waals surface area contributed by atoms with Crippen LogP contribution < -0.4 is 11.1 Å². The van der Waals surface area contributed by atoms with E-state index in [1.807, 2.05) is 13.8 Å². The normalized spacial score (nSPS) is 20.4. The highest BCUT2D eigenvalue weighted by atomic mass is 35.5. The molecule has 0 aromatic carbocycles. The molecule has 2 atom stereocenters. The third-order valence-corrected chi connectivity index (χ3v) is 6.00. The first-order valence-corrected chi connectivity index (χ1v) is 8.96. The average molecular weight is 342 g/mol. The molecule has 21 heavy (non-hydrogen) atoms. The molecule has 126 valence electrons. The van der Waals surface area contributed by atoms with Gasteiger partial charge >= 0.3 is 0 Å². The van der Waals surface area contributed by atoms with Gasteiger partial charge in [-0.15, -0.1) is 12.4 Å². The Hall–Kier alpha value is -0.370. The van der Waals surface area contributed by atoms with Crippen LogP contribution in [-0.2, 0) is 14.8 Å². The van der Waals surface area contributed by atoms with Gasteiger partial charge in [0.25, 0.3) is 0 Å². The predicted molar refractivity (Wildman–Crippen MR) is 86.9 cm³/mol. The highest BCUT2D eigenvalue weighted by molar-refractivity contribution is 7.89. The third-order valence-electron chi connectivity index (χ3n) is 4.12. The van der Waals surface area contributed by atoms with Gasteiger partial charge in [-0.1, -0.05) is 20.3 Å². The Balaban J connectivity index is 0.00000400. The zero-order valence-electron chi connectivity index (χ0n) is 13.0. The van der Waals surface area contributed by atoms with Gasteiger partial charge in [-0.05, 0) is 25.7 Å². The molecule has 8 heteroatoms. The number of hydrogen-bond acceptors (Lipinski definition) is 4. The molecule has 0 aromatic rings. The highest BCUT2D eigenvalue weighted by Crippen LogP contribution is 2.15. The van der Waals surface area contributed by atoms with Crippen LogP contribution in [0.2, 0.25) is 0 Å². The van der Waals surface area contributed by atoms with Crippen molar-refractivity contribution < 1.29 is 13.2 Å². The fourth-order valence-electron chi connectivity index (χ4n) is 2.27. The summed E-state index contributed by atoms with van der Waals surface area (Å²) in [6.45, 7) is 6.56. The largest absolute Gasteiger partial charge is 0.352 e. The second kappa shape index (κ2) is 8.92. The number of amides is 1. The van der Waals surface area contributed by atoms with Crippen LogP contribution in [0.1, 0.15) is 40.0 Å². The lowest BCUT2D eigenvalue weighted by Crippen LogP contribution is -2.52. The zero-order valence-corrected chi connectivity index (χ0v) is 14.7. The van der Waals surface area contributed by atoms with E-state index >= 15 is 0 Å². The maximum Gasteiger partial charge on any atom is 0.237 e. The summed E-state index contributed by atoms with van der Waals surface area (Å²) >= 11 is 0. The van der Waals surface area contributed by atoms with Gasteiger partial charge in [0.2, 0.25) is 15.9 Å². The van der Waals surface area contributed by atoms with Gasteiger partial charge in [0.05, 0.1) is 11.8 Å². The van der Waals surface area contributed by atoms with Crippen molar-refractivity contribution in [2.75, 3.05) is 18.8 Å². The molecule has 0 aliphatic carbocycles. The molecule has 3 N–H and O–H groups in total. The van der Waals surface area contributed by atoms with Gasteiger partial charge in [0.15, 0.2) is 0 Å². The fraction of sp³-hybridized carbons (Fsp3) is 0.923. The summed E-state index contributed by atoms with van der Waals surface area (Å²) in [7, 11) is -3.11. The second-order valence-corrected chi connectivity index (χ2v) is 7.75. The molecule has 1 saturated heterocycles. The van der Waals surface area contributed by atoms with E-state index in [9.17, 15) is 13.2 Å². The van der Waals surface area contributed by atoms with E-state index in [1.54, 1.807) is 6.92 Å². The van der Waals surface area contributed by atoms with Gasteiger partial charge < -0.3 is 11.1 Å². The third kappa shape index (κ3) is 5.73. The van der Waals surface area contributed by atoms with Crippen LogP contribution in [0.4, 0.5) is 0 Å². The van der Waals surface area contributed by atoms with Gasteiger partial charge in [0, 0.05) is 19.1 Å². The average Bonchev–Trinajstić information content (AvgIpc) is 2.46. The highest BCUT2D eigenvalue weighted by Gasteiger charge is 2.29. The molecular weight excluding hydrogens is 314 g/mol. The molecule has 1 amide bonds. The monoisotopic (exact) mass is 341 g/mol. The quantitative estimate of drug-likeness (QED) is 0.744. The van der Waals surface area contributed by atoms with Crippen molar-refractivity contribution in [3.8, 4) is 0 Å². The Morgan fingerprint density at radius 1 is 1.33 bits per heavy atom. The van der Waals surface area contributed by atoms with E-state index < -0.39 is 16.1 Å². The lowest BCUT2D eigenvalue weighted by molar-refractivity contribution is -0.124. The Morgan fingerprint density at radius 2 is 1.86 bits per heavy atom. The van der Waals surface area contributed by atoms with Gasteiger partial charge in [-0.3, -0.25) is 4.79 Å². The van der Waals surface area contributed by atoms with E-state index in [0.29, 0.717) is 25.9 Å². The number of nitrogens with two attached hydrogens (primary N) is 1. The van der Waals surface area contributed by atoms with E-state index in [0.717, 1.165) is 6.42 Å². The number of sulfonamides is 1. The minimum atomic E-state index is -3.11. The van der Waals surface area contributed by atoms with Crippen LogP contribution in [0.3, 0.4) is 0 Å². The van der Waals surface area contributed by atoms with Crippen molar-refractivity contribution in [2.24, 2.45) is 11.7 Å². The standard InChI is InChI=1S/C13H27N3O3S.ClH/c1-4-10(3)12(14)13(17)15-11-6-8-16(9-7-11)20(18,19)5-2;/h10-12H,4-9,14H2,1-3H3,(H,15,17);1H. The van der Waals surface area contributed by atoms with Crippen LogP contribution in [-0.4, -0.2) is 49.6 Å². The number of piperidine rings is 1. The molecule has 0 spiro atoms. The SMILES string of the molecule is CCC(C)C(N)C(=O)NC1CCN(S(=O)(=O)CC)CC1.Cl. The molecule has 1 rings (SSSR count). The number of rotatable bonds is 6. The maximum atomic E-state index is 12.0. The van der Waals surface area contributed by atoms with Crippen LogP contribution in [0.15, 0.2) is 0 Å². The molecule has 6 nitrogen and oxygen atoms in total. The first-order valence-electron chi connectivity index (χ1n) is 7.35. The minimum absolute atomic E-state index is 0. The number of hydrogen-bond donors (Lipinski definition) is 2. The summed E-state index contributed by atoms with van der Waals surface area (Å²) < 4.78 is 25.0. The number of nitrogens with one attached hydrogen (secondary N) is 1. The Bertz CT molecular complexity index is 422. The lowest BCUT2D eigenvalue weighted by Gasteiger charge is -2.32. The molecule has 0 bridgehead atoms. The zero-order chi connectivity index (χ0) is 15.3. The van der Waals surface area contributed by atoms with Crippen LogP contribution in [0.25, 0.3) is 0 Å². The molecular formula is C13H28ClN3O3S. The molecule has 2 unspecified atom stereocenters. The maximum absolute atomic E-state index is 12.0. The molecule has 1 heterocycles. The van der Waals surface area contributed by atoms with Crippen LogP contribution in [0.5, 0.6) is 0 Å². The Kier molecular flexibility index (Phi) is 8.77. The number of carbonyl (C=O) groups is 1. The first-order chi connectivity index (χ1) is 9.31.